The molecule has 2 nitrogen and oxygen atoms in total. The molecule has 2 heterocycles. The maximum absolute atomic E-state index is 2.73. The number of rotatable bonds is 7. The van der Waals surface area contributed by atoms with Crippen LogP contribution < -0.4 is 20.7 Å². The molecule has 0 saturated heterocycles. The number of allylic oxidation sites excluding steroid dienone is 6. The summed E-state index contributed by atoms with van der Waals surface area (Å²) in [5.74, 6) is 0.575. The molecule has 0 bridgehead atoms. The lowest BCUT2D eigenvalue weighted by Crippen LogP contribution is -2.61. The van der Waals surface area contributed by atoms with Crippen molar-refractivity contribution < 1.29 is 0 Å². The van der Waals surface area contributed by atoms with Crippen molar-refractivity contribution in [1.29, 1.82) is 0 Å². The molecule has 296 valence electrons. The van der Waals surface area contributed by atoms with Crippen LogP contribution in [-0.4, -0.2) is 12.8 Å². The Balaban J connectivity index is 1.23. The minimum Gasteiger partial charge on any atom is -0.335 e. The van der Waals surface area contributed by atoms with Crippen LogP contribution in [0.15, 0.2) is 156 Å². The number of fused-ring (bicyclic) bond motifs is 4. The van der Waals surface area contributed by atoms with Gasteiger partial charge >= 0.3 is 0 Å². The molecule has 1 atom stereocenters. The zero-order valence-electron chi connectivity index (χ0n) is 36.1. The second-order valence-electron chi connectivity index (χ2n) is 19.2. The minimum atomic E-state index is -0.163. The van der Waals surface area contributed by atoms with E-state index in [9.17, 15) is 0 Å². The van der Waals surface area contributed by atoms with E-state index in [2.05, 4.69) is 191 Å². The lowest BCUT2D eigenvalue weighted by molar-refractivity contribution is 0.443. The molecule has 1 saturated carbocycles. The molecule has 5 aliphatic rings. The van der Waals surface area contributed by atoms with E-state index in [4.69, 9.17) is 0 Å². The predicted molar refractivity (Wildman–Crippen MR) is 254 cm³/mol. The normalized spacial score (nSPS) is 19.1. The summed E-state index contributed by atoms with van der Waals surface area (Å²) in [6.07, 6.45) is 21.9. The van der Waals surface area contributed by atoms with Crippen molar-refractivity contribution in [3.63, 3.8) is 0 Å². The zero-order valence-corrected chi connectivity index (χ0v) is 36.1. The van der Waals surface area contributed by atoms with Gasteiger partial charge in [-0.15, -0.1) is 0 Å². The molecule has 0 aromatic heterocycles. The third-order valence-corrected chi connectivity index (χ3v) is 14.8. The molecule has 5 aromatic rings. The fraction of sp³-hybridized carbons (Fsp3) is 0.321. The molecule has 0 N–H and O–H groups in total. The van der Waals surface area contributed by atoms with Crippen LogP contribution >= 0.6 is 0 Å². The first kappa shape index (κ1) is 38.0. The smallest absolute Gasteiger partial charge is 0.247 e. The largest absolute Gasteiger partial charge is 0.335 e. The van der Waals surface area contributed by atoms with E-state index in [0.717, 1.165) is 19.3 Å². The van der Waals surface area contributed by atoms with Crippen molar-refractivity contribution >= 4 is 46.1 Å². The van der Waals surface area contributed by atoms with Crippen molar-refractivity contribution in [2.75, 3.05) is 9.80 Å². The maximum atomic E-state index is 2.73. The average Bonchev–Trinajstić information content (AvgIpc) is 3.27. The van der Waals surface area contributed by atoms with Gasteiger partial charge in [0.15, 0.2) is 0 Å². The predicted octanol–water partition coefficient (Wildman–Crippen LogP) is 13.7. The number of aryl methyl sites for hydroxylation is 1. The van der Waals surface area contributed by atoms with Gasteiger partial charge < -0.3 is 9.80 Å². The van der Waals surface area contributed by atoms with Gasteiger partial charge in [0.05, 0.1) is 6.04 Å². The van der Waals surface area contributed by atoms with Crippen LogP contribution in [0.3, 0.4) is 0 Å². The highest BCUT2D eigenvalue weighted by Gasteiger charge is 2.48. The van der Waals surface area contributed by atoms with Crippen LogP contribution in [0.2, 0.25) is 0 Å². The Labute approximate surface area is 354 Å². The molecule has 59 heavy (non-hydrogen) atoms. The number of anilines is 5. The van der Waals surface area contributed by atoms with Gasteiger partial charge in [0.25, 0.3) is 0 Å². The summed E-state index contributed by atoms with van der Waals surface area (Å²) in [5.41, 5.74) is 20.4. The molecule has 0 radical (unpaired) electrons. The molecular weight excluding hydrogens is 711 g/mol. The van der Waals surface area contributed by atoms with Gasteiger partial charge in [-0.3, -0.25) is 0 Å². The van der Waals surface area contributed by atoms with E-state index in [1.54, 1.807) is 0 Å². The highest BCUT2D eigenvalue weighted by atomic mass is 15.2. The molecule has 1 fully saturated rings. The SMILES string of the molecule is CC1=CCC2C(=C1)B1c3cc(C(C)(C)c4ccccc4)ccc3N(c3ccc(C(C)(C)C4=CCCC=C4)cc3)c3cc(C4CCCCC4)cc(c31)N2c1ccc(C)cc1. The summed E-state index contributed by atoms with van der Waals surface area (Å²) in [4.78, 5) is 5.38. The second kappa shape index (κ2) is 14.8. The van der Waals surface area contributed by atoms with Crippen LogP contribution in [0.1, 0.15) is 120 Å². The molecule has 10 rings (SSSR count). The van der Waals surface area contributed by atoms with Crippen molar-refractivity contribution in [1.82, 2.24) is 0 Å². The Hall–Kier alpha value is -5.28. The molecule has 1 unspecified atom stereocenters. The summed E-state index contributed by atoms with van der Waals surface area (Å²) in [5, 5.41) is 0. The van der Waals surface area contributed by atoms with Gasteiger partial charge in [0.1, 0.15) is 0 Å². The average molecular weight is 771 g/mol. The van der Waals surface area contributed by atoms with Gasteiger partial charge in [-0.05, 0) is 133 Å². The molecule has 2 aliphatic heterocycles. The van der Waals surface area contributed by atoms with Crippen LogP contribution in [0.25, 0.3) is 0 Å². The Bertz CT molecular complexity index is 2530. The van der Waals surface area contributed by atoms with E-state index >= 15 is 0 Å². The van der Waals surface area contributed by atoms with Crippen molar-refractivity contribution in [3.05, 3.63) is 184 Å². The van der Waals surface area contributed by atoms with E-state index in [1.807, 2.05) is 0 Å². The molecule has 3 aliphatic carbocycles. The van der Waals surface area contributed by atoms with Gasteiger partial charge in [-0.2, -0.15) is 0 Å². The standard InChI is InChI=1S/C56H59BN2/c1-38-22-28-46(29-23-38)58-50-32-24-39(2)34-48(50)57-49-37-45(56(5,6)43-20-14-9-15-21-43)27-33-51(49)59(53-36-41(35-52(58)54(53)57)40-16-10-7-11-17-40)47-30-25-44(26-31-47)55(3,4)42-18-12-8-13-19-42/h9,12,14-15,18-31,33-37,40,50H,7-8,10-11,13,16-17,32H2,1-6H3. The van der Waals surface area contributed by atoms with Crippen LogP contribution in [0.5, 0.6) is 0 Å². The van der Waals surface area contributed by atoms with Crippen LogP contribution in [-0.2, 0) is 10.8 Å². The molecule has 3 heteroatoms. The van der Waals surface area contributed by atoms with Gasteiger partial charge in [-0.1, -0.05) is 161 Å². The summed E-state index contributed by atoms with van der Waals surface area (Å²) in [7, 11) is 0. The number of nitrogens with zero attached hydrogens (tertiary/aromatic N) is 2. The van der Waals surface area contributed by atoms with Crippen LogP contribution in [0.4, 0.5) is 28.4 Å². The fourth-order valence-electron chi connectivity index (χ4n) is 11.1. The fourth-order valence-corrected chi connectivity index (χ4v) is 11.1. The molecule has 0 amide bonds. The second-order valence-corrected chi connectivity index (χ2v) is 19.2. The van der Waals surface area contributed by atoms with Crippen molar-refractivity contribution in [3.8, 4) is 0 Å². The highest BCUT2D eigenvalue weighted by Crippen LogP contribution is 2.49. The summed E-state index contributed by atoms with van der Waals surface area (Å²) >= 11 is 0. The molecule has 0 spiro atoms. The van der Waals surface area contributed by atoms with Crippen LogP contribution in [0, 0.1) is 6.92 Å². The first-order valence-corrected chi connectivity index (χ1v) is 22.5. The lowest BCUT2D eigenvalue weighted by atomic mass is 9.31. The van der Waals surface area contributed by atoms with E-state index < -0.39 is 0 Å². The number of hydrogen-bond acceptors (Lipinski definition) is 2. The quantitative estimate of drug-likeness (QED) is 0.152. The summed E-state index contributed by atoms with van der Waals surface area (Å²) in [6.45, 7) is 14.2. The zero-order chi connectivity index (χ0) is 40.5. The topological polar surface area (TPSA) is 6.48 Å². The third kappa shape index (κ3) is 6.48. The number of benzene rings is 5. The molecular formula is C56H59BN2. The van der Waals surface area contributed by atoms with Gasteiger partial charge in [0.2, 0.25) is 6.71 Å². The molecule has 5 aromatic carbocycles. The maximum Gasteiger partial charge on any atom is 0.247 e. The number of hydrogen-bond donors (Lipinski definition) is 0. The van der Waals surface area contributed by atoms with E-state index in [0.29, 0.717) is 5.92 Å². The lowest BCUT2D eigenvalue weighted by Gasteiger charge is -2.49. The van der Waals surface area contributed by atoms with Crippen molar-refractivity contribution in [2.24, 2.45) is 0 Å². The highest BCUT2D eigenvalue weighted by molar-refractivity contribution is 6.95. The van der Waals surface area contributed by atoms with Crippen molar-refractivity contribution in [2.45, 2.75) is 116 Å². The van der Waals surface area contributed by atoms with E-state index in [-0.39, 0.29) is 23.6 Å². The monoisotopic (exact) mass is 770 g/mol. The Morgan fingerprint density at radius 1 is 0.627 bits per heavy atom. The first-order valence-electron chi connectivity index (χ1n) is 22.5. The van der Waals surface area contributed by atoms with Gasteiger partial charge in [0, 0.05) is 39.3 Å². The first-order chi connectivity index (χ1) is 28.6. The van der Waals surface area contributed by atoms with E-state index in [1.165, 1.54) is 116 Å². The summed E-state index contributed by atoms with van der Waals surface area (Å²) in [6, 6.07) is 43.0. The minimum absolute atomic E-state index is 0.0687. The Morgan fingerprint density at radius 3 is 2.05 bits per heavy atom. The Kier molecular flexibility index (Phi) is 9.50. The Morgan fingerprint density at radius 2 is 1.32 bits per heavy atom. The summed E-state index contributed by atoms with van der Waals surface area (Å²) < 4.78 is 0. The van der Waals surface area contributed by atoms with Gasteiger partial charge in [-0.25, -0.2) is 0 Å². The third-order valence-electron chi connectivity index (χ3n) is 14.8.